The Morgan fingerprint density at radius 2 is 1.47 bits per heavy atom. The summed E-state index contributed by atoms with van der Waals surface area (Å²) in [6.45, 7) is 2.28. The Morgan fingerprint density at radius 1 is 1.05 bits per heavy atom. The van der Waals surface area contributed by atoms with Crippen molar-refractivity contribution >= 4 is 11.6 Å². The lowest BCUT2D eigenvalue weighted by Gasteiger charge is -2.25. The highest BCUT2D eigenvalue weighted by atomic mass is 19.4. The van der Waals surface area contributed by atoms with Gasteiger partial charge in [-0.25, -0.2) is 0 Å². The van der Waals surface area contributed by atoms with Crippen molar-refractivity contribution in [1.82, 2.24) is 0 Å². The van der Waals surface area contributed by atoms with E-state index in [4.69, 9.17) is 0 Å². The number of hydrogen-bond donors (Lipinski definition) is 1. The van der Waals surface area contributed by atoms with Crippen LogP contribution in [0.5, 0.6) is 0 Å². The third-order valence-corrected chi connectivity index (χ3v) is 2.78. The quantitative estimate of drug-likeness (QED) is 0.917. The Kier molecular flexibility index (Phi) is 4.15. The van der Waals surface area contributed by atoms with Gasteiger partial charge in [-0.3, -0.25) is 9.59 Å². The third-order valence-electron chi connectivity index (χ3n) is 2.78. The van der Waals surface area contributed by atoms with Crippen LogP contribution in [0.4, 0.5) is 13.2 Å². The van der Waals surface area contributed by atoms with Crippen molar-refractivity contribution in [2.24, 2.45) is 0 Å². The van der Waals surface area contributed by atoms with Crippen molar-refractivity contribution in [2.45, 2.75) is 32.0 Å². The zero-order valence-electron chi connectivity index (χ0n) is 10.4. The molecule has 0 amide bonds. The summed E-state index contributed by atoms with van der Waals surface area (Å²) in [5, 5.41) is 10.2. The molecule has 0 aliphatic carbocycles. The van der Waals surface area contributed by atoms with Gasteiger partial charge in [0, 0.05) is 6.42 Å². The summed E-state index contributed by atoms with van der Waals surface area (Å²) in [5.41, 5.74) is -2.98. The Hall–Kier alpha value is -1.69. The van der Waals surface area contributed by atoms with Crippen molar-refractivity contribution in [3.05, 3.63) is 35.4 Å². The van der Waals surface area contributed by atoms with Crippen molar-refractivity contribution < 1.29 is 27.9 Å². The molecule has 1 N–H and O–H groups in total. The molecule has 0 spiro atoms. The van der Waals surface area contributed by atoms with Crippen LogP contribution >= 0.6 is 0 Å². The number of rotatable bonds is 4. The number of Topliss-reactive ketones (excluding diaryl/α,β-unsaturated/α-hetero) is 2. The molecule has 0 saturated heterocycles. The van der Waals surface area contributed by atoms with Gasteiger partial charge in [0.25, 0.3) is 0 Å². The molecule has 1 rings (SSSR count). The fraction of sp³-hybridized carbons (Fsp3) is 0.385. The Bertz CT molecular complexity index is 491. The number of aliphatic hydroxyl groups is 1. The molecule has 104 valence electrons. The fourth-order valence-corrected chi connectivity index (χ4v) is 1.73. The molecule has 0 heterocycles. The van der Waals surface area contributed by atoms with E-state index in [9.17, 15) is 27.9 Å². The molecule has 0 aromatic heterocycles. The summed E-state index contributed by atoms with van der Waals surface area (Å²) in [7, 11) is 0. The van der Waals surface area contributed by atoms with E-state index < -0.39 is 35.3 Å². The van der Waals surface area contributed by atoms with Gasteiger partial charge in [-0.1, -0.05) is 12.1 Å². The standard InChI is InChI=1S/C13H13F3O3/c1-8(17)7-12(19,9(2)18)10-3-5-11(6-4-10)13(14,15)16/h3-6,19H,7H2,1-2H3. The minimum absolute atomic E-state index is 0.0248. The van der Waals surface area contributed by atoms with E-state index in [1.54, 1.807) is 0 Å². The molecule has 0 aliphatic heterocycles. The van der Waals surface area contributed by atoms with E-state index in [1.807, 2.05) is 0 Å². The van der Waals surface area contributed by atoms with Gasteiger partial charge in [-0.2, -0.15) is 13.2 Å². The number of ketones is 2. The van der Waals surface area contributed by atoms with Crippen molar-refractivity contribution in [3.63, 3.8) is 0 Å². The highest BCUT2D eigenvalue weighted by molar-refractivity contribution is 5.91. The molecule has 19 heavy (non-hydrogen) atoms. The van der Waals surface area contributed by atoms with Gasteiger partial charge >= 0.3 is 6.18 Å². The number of halogens is 3. The summed E-state index contributed by atoms with van der Waals surface area (Å²) in [6, 6.07) is 3.55. The van der Waals surface area contributed by atoms with Crippen LogP contribution in [-0.4, -0.2) is 16.7 Å². The van der Waals surface area contributed by atoms with Crippen molar-refractivity contribution in [2.75, 3.05) is 0 Å². The van der Waals surface area contributed by atoms with Gasteiger partial charge < -0.3 is 5.11 Å². The zero-order valence-corrected chi connectivity index (χ0v) is 10.4. The first-order chi connectivity index (χ1) is 8.57. The minimum Gasteiger partial charge on any atom is -0.377 e. The van der Waals surface area contributed by atoms with Crippen LogP contribution in [0, 0.1) is 0 Å². The molecule has 0 saturated carbocycles. The van der Waals surface area contributed by atoms with Crippen LogP contribution in [0.2, 0.25) is 0 Å². The second-order valence-corrected chi connectivity index (χ2v) is 4.37. The molecule has 1 aromatic carbocycles. The van der Waals surface area contributed by atoms with Gasteiger partial charge in [0.2, 0.25) is 0 Å². The third kappa shape index (κ3) is 3.41. The molecule has 0 bridgehead atoms. The molecular formula is C13H13F3O3. The first-order valence-electron chi connectivity index (χ1n) is 5.48. The Labute approximate surface area is 108 Å². The molecule has 0 fully saturated rings. The second-order valence-electron chi connectivity index (χ2n) is 4.37. The maximum absolute atomic E-state index is 12.4. The molecule has 3 nitrogen and oxygen atoms in total. The SMILES string of the molecule is CC(=O)CC(O)(C(C)=O)c1ccc(C(F)(F)F)cc1. The van der Waals surface area contributed by atoms with Crippen LogP contribution in [0.25, 0.3) is 0 Å². The summed E-state index contributed by atoms with van der Waals surface area (Å²) < 4.78 is 37.2. The number of carbonyl (C=O) groups excluding carboxylic acids is 2. The largest absolute Gasteiger partial charge is 0.416 e. The molecule has 0 aliphatic rings. The zero-order chi connectivity index (χ0) is 14.8. The molecule has 0 radical (unpaired) electrons. The normalized spacial score (nSPS) is 14.8. The Morgan fingerprint density at radius 3 is 1.79 bits per heavy atom. The lowest BCUT2D eigenvalue weighted by molar-refractivity contribution is -0.141. The predicted molar refractivity (Wildman–Crippen MR) is 61.3 cm³/mol. The van der Waals surface area contributed by atoms with Gasteiger partial charge in [0.05, 0.1) is 5.56 Å². The molecule has 1 atom stereocenters. The number of hydrogen-bond acceptors (Lipinski definition) is 3. The lowest BCUT2D eigenvalue weighted by Crippen LogP contribution is -2.36. The Balaban J connectivity index is 3.19. The maximum atomic E-state index is 12.4. The summed E-state index contributed by atoms with van der Waals surface area (Å²) in [6.07, 6.45) is -4.96. The number of carbonyl (C=O) groups is 2. The highest BCUT2D eigenvalue weighted by Crippen LogP contribution is 2.32. The van der Waals surface area contributed by atoms with Crippen LogP contribution in [0.15, 0.2) is 24.3 Å². The van der Waals surface area contributed by atoms with E-state index in [-0.39, 0.29) is 5.56 Å². The van der Waals surface area contributed by atoms with Crippen molar-refractivity contribution in [3.8, 4) is 0 Å². The predicted octanol–water partition coefficient (Wildman–Crippen LogP) is 2.46. The molecule has 6 heteroatoms. The van der Waals surface area contributed by atoms with E-state index in [1.165, 1.54) is 6.92 Å². The number of alkyl halides is 3. The topological polar surface area (TPSA) is 54.4 Å². The van der Waals surface area contributed by atoms with Crippen LogP contribution < -0.4 is 0 Å². The van der Waals surface area contributed by atoms with Gasteiger partial charge in [0.15, 0.2) is 11.4 Å². The van der Waals surface area contributed by atoms with Crippen LogP contribution in [0.3, 0.4) is 0 Å². The van der Waals surface area contributed by atoms with Crippen molar-refractivity contribution in [1.29, 1.82) is 0 Å². The minimum atomic E-state index is -4.49. The van der Waals surface area contributed by atoms with Crippen LogP contribution in [-0.2, 0) is 21.4 Å². The monoisotopic (exact) mass is 274 g/mol. The summed E-state index contributed by atoms with van der Waals surface area (Å²) in [5.74, 6) is -1.12. The highest BCUT2D eigenvalue weighted by Gasteiger charge is 2.37. The second kappa shape index (κ2) is 5.13. The first kappa shape index (κ1) is 15.4. The molecule has 1 unspecified atom stereocenters. The van der Waals surface area contributed by atoms with E-state index in [2.05, 4.69) is 0 Å². The molecular weight excluding hydrogens is 261 g/mol. The maximum Gasteiger partial charge on any atom is 0.416 e. The summed E-state index contributed by atoms with van der Waals surface area (Å²) >= 11 is 0. The van der Waals surface area contributed by atoms with E-state index in [0.717, 1.165) is 31.2 Å². The average Bonchev–Trinajstić information content (AvgIpc) is 2.26. The van der Waals surface area contributed by atoms with E-state index in [0.29, 0.717) is 0 Å². The van der Waals surface area contributed by atoms with Gasteiger partial charge in [0.1, 0.15) is 5.78 Å². The lowest BCUT2D eigenvalue weighted by atomic mass is 9.85. The average molecular weight is 274 g/mol. The fourth-order valence-electron chi connectivity index (χ4n) is 1.73. The summed E-state index contributed by atoms with van der Waals surface area (Å²) in [4.78, 5) is 22.5. The van der Waals surface area contributed by atoms with Gasteiger partial charge in [-0.15, -0.1) is 0 Å². The molecule has 1 aromatic rings. The number of benzene rings is 1. The van der Waals surface area contributed by atoms with E-state index >= 15 is 0 Å². The first-order valence-corrected chi connectivity index (χ1v) is 5.48. The van der Waals surface area contributed by atoms with Gasteiger partial charge in [-0.05, 0) is 31.5 Å². The van der Waals surface area contributed by atoms with Crippen LogP contribution in [0.1, 0.15) is 31.4 Å². The smallest absolute Gasteiger partial charge is 0.377 e.